The van der Waals surface area contributed by atoms with E-state index in [9.17, 15) is 4.79 Å². The Morgan fingerprint density at radius 2 is 2.43 bits per heavy atom. The van der Waals surface area contributed by atoms with Crippen molar-refractivity contribution in [2.75, 3.05) is 0 Å². The van der Waals surface area contributed by atoms with Crippen LogP contribution in [0.5, 0.6) is 0 Å². The summed E-state index contributed by atoms with van der Waals surface area (Å²) >= 11 is 0. The Hall–Kier alpha value is -1.12. The number of rotatable bonds is 5. The molecule has 0 saturated heterocycles. The molecule has 0 radical (unpaired) electrons. The van der Waals surface area contributed by atoms with E-state index in [4.69, 9.17) is 0 Å². The highest BCUT2D eigenvalue weighted by Gasteiger charge is 2.29. The second-order valence-electron chi connectivity index (χ2n) is 3.95. The van der Waals surface area contributed by atoms with Crippen molar-refractivity contribution in [2.24, 2.45) is 5.92 Å². The molecular weight excluding hydrogens is 176 g/mol. The van der Waals surface area contributed by atoms with Crippen LogP contribution in [0, 0.1) is 5.92 Å². The second-order valence-corrected chi connectivity index (χ2v) is 3.95. The quantitative estimate of drug-likeness (QED) is 0.713. The predicted octanol–water partition coefficient (Wildman–Crippen LogP) is 1.81. The van der Waals surface area contributed by atoms with Gasteiger partial charge in [-0.25, -0.2) is 4.98 Å². The van der Waals surface area contributed by atoms with Crippen molar-refractivity contribution in [1.82, 2.24) is 9.55 Å². The highest BCUT2D eigenvalue weighted by molar-refractivity contribution is 5.84. The van der Waals surface area contributed by atoms with Crippen LogP contribution in [0.2, 0.25) is 0 Å². The maximum atomic E-state index is 11.6. The summed E-state index contributed by atoms with van der Waals surface area (Å²) in [5, 5.41) is 0. The molecule has 0 aliphatic heterocycles. The van der Waals surface area contributed by atoms with Crippen LogP contribution < -0.4 is 0 Å². The van der Waals surface area contributed by atoms with E-state index in [1.54, 1.807) is 6.20 Å². The summed E-state index contributed by atoms with van der Waals surface area (Å²) in [6.45, 7) is 3.10. The van der Waals surface area contributed by atoms with Crippen LogP contribution in [0.25, 0.3) is 0 Å². The molecule has 2 rings (SSSR count). The SMILES string of the molecule is CCCn1ccnc1CC(=O)C1CC1. The Labute approximate surface area is 84.1 Å². The first-order chi connectivity index (χ1) is 6.81. The van der Waals surface area contributed by atoms with Crippen molar-refractivity contribution in [3.63, 3.8) is 0 Å². The molecule has 3 nitrogen and oxygen atoms in total. The van der Waals surface area contributed by atoms with E-state index in [-0.39, 0.29) is 0 Å². The van der Waals surface area contributed by atoms with Gasteiger partial charge in [-0.2, -0.15) is 0 Å². The molecule has 1 aliphatic carbocycles. The largest absolute Gasteiger partial charge is 0.335 e. The topological polar surface area (TPSA) is 34.9 Å². The lowest BCUT2D eigenvalue weighted by Gasteiger charge is -2.04. The van der Waals surface area contributed by atoms with Gasteiger partial charge in [0.25, 0.3) is 0 Å². The van der Waals surface area contributed by atoms with E-state index < -0.39 is 0 Å². The normalized spacial score (nSPS) is 15.8. The van der Waals surface area contributed by atoms with Crippen molar-refractivity contribution in [2.45, 2.75) is 39.2 Å². The summed E-state index contributed by atoms with van der Waals surface area (Å²) in [4.78, 5) is 15.8. The van der Waals surface area contributed by atoms with E-state index in [2.05, 4.69) is 16.5 Å². The zero-order chi connectivity index (χ0) is 9.97. The number of nitrogens with zero attached hydrogens (tertiary/aromatic N) is 2. The van der Waals surface area contributed by atoms with E-state index in [1.807, 2.05) is 6.20 Å². The monoisotopic (exact) mass is 192 g/mol. The molecule has 1 aliphatic rings. The number of carbonyl (C=O) groups excluding carboxylic acids is 1. The highest BCUT2D eigenvalue weighted by Crippen LogP contribution is 2.30. The fraction of sp³-hybridized carbons (Fsp3) is 0.636. The van der Waals surface area contributed by atoms with Gasteiger partial charge < -0.3 is 4.57 Å². The molecule has 0 spiro atoms. The molecular formula is C11H16N2O. The number of aryl methyl sites for hydroxylation is 1. The van der Waals surface area contributed by atoms with Crippen LogP contribution in [0.3, 0.4) is 0 Å². The van der Waals surface area contributed by atoms with E-state index in [0.717, 1.165) is 31.6 Å². The summed E-state index contributed by atoms with van der Waals surface area (Å²) in [5.41, 5.74) is 0. The molecule has 1 aromatic heterocycles. The van der Waals surface area contributed by atoms with Crippen LogP contribution in [-0.2, 0) is 17.8 Å². The van der Waals surface area contributed by atoms with Gasteiger partial charge in [0.1, 0.15) is 11.6 Å². The number of aromatic nitrogens is 2. The molecule has 0 aromatic carbocycles. The molecule has 0 bridgehead atoms. The fourth-order valence-corrected chi connectivity index (χ4v) is 1.66. The minimum absolute atomic E-state index is 0.349. The van der Waals surface area contributed by atoms with Crippen molar-refractivity contribution in [3.8, 4) is 0 Å². The van der Waals surface area contributed by atoms with Gasteiger partial charge in [0.05, 0.1) is 6.42 Å². The predicted molar refractivity (Wildman–Crippen MR) is 54.0 cm³/mol. The maximum Gasteiger partial charge on any atom is 0.143 e. The summed E-state index contributed by atoms with van der Waals surface area (Å²) < 4.78 is 2.08. The van der Waals surface area contributed by atoms with Gasteiger partial charge >= 0.3 is 0 Å². The summed E-state index contributed by atoms with van der Waals surface area (Å²) in [6, 6.07) is 0. The van der Waals surface area contributed by atoms with E-state index in [1.165, 1.54) is 0 Å². The van der Waals surface area contributed by atoms with Crippen molar-refractivity contribution in [3.05, 3.63) is 18.2 Å². The van der Waals surface area contributed by atoms with Gasteiger partial charge in [0, 0.05) is 24.9 Å². The third-order valence-electron chi connectivity index (χ3n) is 2.63. The van der Waals surface area contributed by atoms with Gasteiger partial charge in [-0.05, 0) is 19.3 Å². The molecule has 1 heterocycles. The molecule has 0 amide bonds. The molecule has 1 saturated carbocycles. The fourth-order valence-electron chi connectivity index (χ4n) is 1.66. The van der Waals surface area contributed by atoms with Crippen LogP contribution in [0.15, 0.2) is 12.4 Å². The van der Waals surface area contributed by atoms with Gasteiger partial charge in [0.2, 0.25) is 0 Å². The minimum Gasteiger partial charge on any atom is -0.335 e. The smallest absolute Gasteiger partial charge is 0.143 e. The summed E-state index contributed by atoms with van der Waals surface area (Å²) in [7, 11) is 0. The number of Topliss-reactive ketones (excluding diaryl/α,β-unsaturated/α-hetero) is 1. The Balaban J connectivity index is 1.99. The third kappa shape index (κ3) is 2.03. The molecule has 1 fully saturated rings. The third-order valence-corrected chi connectivity index (χ3v) is 2.63. The number of imidazole rings is 1. The Kier molecular flexibility index (Phi) is 2.66. The van der Waals surface area contributed by atoms with Crippen molar-refractivity contribution < 1.29 is 4.79 Å². The molecule has 14 heavy (non-hydrogen) atoms. The lowest BCUT2D eigenvalue weighted by molar-refractivity contribution is -0.119. The van der Waals surface area contributed by atoms with Crippen LogP contribution in [0.4, 0.5) is 0 Å². The molecule has 3 heteroatoms. The number of carbonyl (C=O) groups is 1. The first-order valence-electron chi connectivity index (χ1n) is 5.34. The highest BCUT2D eigenvalue weighted by atomic mass is 16.1. The average Bonchev–Trinajstić information content (AvgIpc) is 2.93. The number of hydrogen-bond acceptors (Lipinski definition) is 2. The molecule has 1 aromatic rings. The number of ketones is 1. The van der Waals surface area contributed by atoms with Crippen molar-refractivity contribution in [1.29, 1.82) is 0 Å². The minimum atomic E-state index is 0.349. The Bertz CT molecular complexity index is 326. The zero-order valence-corrected chi connectivity index (χ0v) is 8.57. The summed E-state index contributed by atoms with van der Waals surface area (Å²) in [6.07, 6.45) is 7.53. The van der Waals surface area contributed by atoms with Crippen LogP contribution in [-0.4, -0.2) is 15.3 Å². The second kappa shape index (κ2) is 3.95. The van der Waals surface area contributed by atoms with E-state index >= 15 is 0 Å². The lowest BCUT2D eigenvalue weighted by Crippen LogP contribution is -2.11. The molecule has 0 unspecified atom stereocenters. The van der Waals surface area contributed by atoms with Crippen LogP contribution in [0.1, 0.15) is 32.0 Å². The van der Waals surface area contributed by atoms with Gasteiger partial charge in [0.15, 0.2) is 0 Å². The maximum absolute atomic E-state index is 11.6. The molecule has 0 N–H and O–H groups in total. The Morgan fingerprint density at radius 1 is 1.64 bits per heavy atom. The van der Waals surface area contributed by atoms with Gasteiger partial charge in [-0.1, -0.05) is 6.92 Å². The van der Waals surface area contributed by atoms with Gasteiger partial charge in [-0.3, -0.25) is 4.79 Å². The van der Waals surface area contributed by atoms with E-state index in [0.29, 0.717) is 18.1 Å². The zero-order valence-electron chi connectivity index (χ0n) is 8.57. The molecule has 76 valence electrons. The first-order valence-corrected chi connectivity index (χ1v) is 5.34. The van der Waals surface area contributed by atoms with Crippen LogP contribution >= 0.6 is 0 Å². The lowest BCUT2D eigenvalue weighted by atomic mass is 10.2. The molecule has 0 atom stereocenters. The number of hydrogen-bond donors (Lipinski definition) is 0. The summed E-state index contributed by atoms with van der Waals surface area (Å²) in [5.74, 6) is 1.65. The van der Waals surface area contributed by atoms with Crippen molar-refractivity contribution >= 4 is 5.78 Å². The van der Waals surface area contributed by atoms with Gasteiger partial charge in [-0.15, -0.1) is 0 Å². The first kappa shape index (κ1) is 9.44. The standard InChI is InChI=1S/C11H16N2O/c1-2-6-13-7-5-12-11(13)8-10(14)9-3-4-9/h5,7,9H,2-4,6,8H2,1H3. The average molecular weight is 192 g/mol. The Morgan fingerprint density at radius 3 is 3.07 bits per heavy atom.